The van der Waals surface area contributed by atoms with Crippen molar-refractivity contribution in [3.8, 4) is 16.9 Å². The minimum Gasteiger partial charge on any atom is -0.497 e. The van der Waals surface area contributed by atoms with Crippen molar-refractivity contribution in [1.82, 2.24) is 5.32 Å². The summed E-state index contributed by atoms with van der Waals surface area (Å²) in [5.41, 5.74) is 2.38. The first-order chi connectivity index (χ1) is 10.6. The molecule has 0 bridgehead atoms. The van der Waals surface area contributed by atoms with E-state index in [0.29, 0.717) is 5.56 Å². The minimum atomic E-state index is -0.938. The number of carboxylic acids is 1. The maximum atomic E-state index is 12.0. The molecule has 0 aromatic heterocycles. The van der Waals surface area contributed by atoms with Gasteiger partial charge in [-0.15, -0.1) is 0 Å². The molecule has 0 aliphatic carbocycles. The summed E-state index contributed by atoms with van der Waals surface area (Å²) in [5.74, 6) is -0.449. The lowest BCUT2D eigenvalue weighted by Gasteiger charge is -2.07. The van der Waals surface area contributed by atoms with Crippen LogP contribution in [0.2, 0.25) is 0 Å². The number of carbonyl (C=O) groups is 2. The molecule has 0 heterocycles. The average Bonchev–Trinajstić information content (AvgIpc) is 2.54. The average molecular weight is 299 g/mol. The first-order valence-electron chi connectivity index (χ1n) is 6.84. The predicted octanol–water partition coefficient (Wildman–Crippen LogP) is 2.57. The number of amides is 1. The monoisotopic (exact) mass is 299 g/mol. The van der Waals surface area contributed by atoms with Crippen molar-refractivity contribution in [3.63, 3.8) is 0 Å². The van der Waals surface area contributed by atoms with E-state index in [-0.39, 0.29) is 18.9 Å². The molecule has 0 saturated heterocycles. The number of hydrogen-bond acceptors (Lipinski definition) is 3. The van der Waals surface area contributed by atoms with Crippen molar-refractivity contribution < 1.29 is 19.4 Å². The molecular weight excluding hydrogens is 282 g/mol. The van der Waals surface area contributed by atoms with Gasteiger partial charge in [0.05, 0.1) is 13.5 Å². The fourth-order valence-electron chi connectivity index (χ4n) is 2.01. The first-order valence-corrected chi connectivity index (χ1v) is 6.84. The van der Waals surface area contributed by atoms with Crippen LogP contribution in [0.15, 0.2) is 48.5 Å². The van der Waals surface area contributed by atoms with Gasteiger partial charge in [0.1, 0.15) is 5.75 Å². The Morgan fingerprint density at radius 3 is 2.45 bits per heavy atom. The first kappa shape index (κ1) is 15.6. The van der Waals surface area contributed by atoms with Gasteiger partial charge in [0.2, 0.25) is 0 Å². The van der Waals surface area contributed by atoms with Gasteiger partial charge >= 0.3 is 5.97 Å². The smallest absolute Gasteiger partial charge is 0.305 e. The van der Waals surface area contributed by atoms with Gasteiger partial charge < -0.3 is 15.2 Å². The van der Waals surface area contributed by atoms with Crippen LogP contribution in [0, 0.1) is 0 Å². The summed E-state index contributed by atoms with van der Waals surface area (Å²) < 4.78 is 5.12. The highest BCUT2D eigenvalue weighted by atomic mass is 16.5. The van der Waals surface area contributed by atoms with Crippen molar-refractivity contribution in [2.45, 2.75) is 6.42 Å². The molecule has 1 amide bonds. The van der Waals surface area contributed by atoms with Crippen molar-refractivity contribution in [2.24, 2.45) is 0 Å². The maximum Gasteiger partial charge on any atom is 0.305 e. The number of methoxy groups -OCH3 is 1. The highest BCUT2D eigenvalue weighted by molar-refractivity contribution is 5.95. The lowest BCUT2D eigenvalue weighted by molar-refractivity contribution is -0.136. The molecule has 2 rings (SSSR count). The second kappa shape index (κ2) is 7.26. The predicted molar refractivity (Wildman–Crippen MR) is 83.0 cm³/mol. The van der Waals surface area contributed by atoms with E-state index in [0.717, 1.165) is 16.9 Å². The molecule has 114 valence electrons. The van der Waals surface area contributed by atoms with Gasteiger partial charge in [-0.25, -0.2) is 0 Å². The van der Waals surface area contributed by atoms with Crippen LogP contribution in [0.5, 0.6) is 5.75 Å². The van der Waals surface area contributed by atoms with E-state index in [1.807, 2.05) is 30.3 Å². The van der Waals surface area contributed by atoms with Gasteiger partial charge in [0.15, 0.2) is 0 Å². The molecule has 0 spiro atoms. The van der Waals surface area contributed by atoms with E-state index in [1.165, 1.54) is 0 Å². The molecule has 2 aromatic carbocycles. The van der Waals surface area contributed by atoms with E-state index in [1.54, 1.807) is 25.3 Å². The fraction of sp³-hybridized carbons (Fsp3) is 0.176. The summed E-state index contributed by atoms with van der Waals surface area (Å²) in [7, 11) is 1.61. The summed E-state index contributed by atoms with van der Waals surface area (Å²) in [6.45, 7) is 0.112. The van der Waals surface area contributed by atoms with E-state index in [4.69, 9.17) is 9.84 Å². The quantitative estimate of drug-likeness (QED) is 0.859. The zero-order valence-corrected chi connectivity index (χ0v) is 12.2. The number of benzene rings is 2. The second-order valence-electron chi connectivity index (χ2n) is 4.71. The SMILES string of the molecule is COc1ccc(-c2cccc(C(=O)NCCC(=O)O)c2)cc1. The Bertz CT molecular complexity index is 665. The molecular formula is C17H17NO4. The summed E-state index contributed by atoms with van der Waals surface area (Å²) in [6.07, 6.45) is -0.0933. The van der Waals surface area contributed by atoms with Gasteiger partial charge in [-0.1, -0.05) is 24.3 Å². The largest absolute Gasteiger partial charge is 0.497 e. The lowest BCUT2D eigenvalue weighted by Crippen LogP contribution is -2.25. The molecule has 0 atom stereocenters. The number of carbonyl (C=O) groups excluding carboxylic acids is 1. The number of aliphatic carboxylic acids is 1. The van der Waals surface area contributed by atoms with Crippen molar-refractivity contribution in [3.05, 3.63) is 54.1 Å². The van der Waals surface area contributed by atoms with Gasteiger partial charge in [0.25, 0.3) is 5.91 Å². The Morgan fingerprint density at radius 2 is 1.82 bits per heavy atom. The summed E-state index contributed by atoms with van der Waals surface area (Å²) in [6, 6.07) is 14.7. The van der Waals surface area contributed by atoms with Gasteiger partial charge in [-0.2, -0.15) is 0 Å². The number of nitrogens with one attached hydrogen (secondary N) is 1. The van der Waals surface area contributed by atoms with Crippen LogP contribution in [0.4, 0.5) is 0 Å². The molecule has 0 unspecified atom stereocenters. The number of carboxylic acid groups (broad SMARTS) is 1. The van der Waals surface area contributed by atoms with Crippen LogP contribution < -0.4 is 10.1 Å². The van der Waals surface area contributed by atoms with Gasteiger partial charge in [-0.05, 0) is 35.4 Å². The van der Waals surface area contributed by atoms with E-state index < -0.39 is 5.97 Å². The zero-order chi connectivity index (χ0) is 15.9. The number of hydrogen-bond donors (Lipinski definition) is 2. The third kappa shape index (κ3) is 4.09. The van der Waals surface area contributed by atoms with Crippen molar-refractivity contribution in [1.29, 1.82) is 0 Å². The van der Waals surface area contributed by atoms with Gasteiger partial charge in [0, 0.05) is 12.1 Å². The highest BCUT2D eigenvalue weighted by Crippen LogP contribution is 2.23. The van der Waals surface area contributed by atoms with Crippen LogP contribution in [0.3, 0.4) is 0 Å². The molecule has 5 heteroatoms. The molecule has 2 aromatic rings. The molecule has 0 aliphatic rings. The fourth-order valence-corrected chi connectivity index (χ4v) is 2.01. The third-order valence-corrected chi connectivity index (χ3v) is 3.17. The van der Waals surface area contributed by atoms with Crippen LogP contribution in [0.1, 0.15) is 16.8 Å². The molecule has 2 N–H and O–H groups in total. The normalized spacial score (nSPS) is 10.0. The van der Waals surface area contributed by atoms with Gasteiger partial charge in [-0.3, -0.25) is 9.59 Å². The van der Waals surface area contributed by atoms with Crippen LogP contribution in [0.25, 0.3) is 11.1 Å². The molecule has 0 saturated carbocycles. The van der Waals surface area contributed by atoms with Crippen LogP contribution in [-0.4, -0.2) is 30.6 Å². The minimum absolute atomic E-state index is 0.0933. The van der Waals surface area contributed by atoms with Crippen molar-refractivity contribution in [2.75, 3.05) is 13.7 Å². The Hall–Kier alpha value is -2.82. The summed E-state index contributed by atoms with van der Waals surface area (Å²) >= 11 is 0. The summed E-state index contributed by atoms with van der Waals surface area (Å²) in [5, 5.41) is 11.2. The maximum absolute atomic E-state index is 12.0. The van der Waals surface area contributed by atoms with E-state index in [9.17, 15) is 9.59 Å². The Balaban J connectivity index is 2.11. The Kier molecular flexibility index (Phi) is 5.14. The van der Waals surface area contributed by atoms with E-state index in [2.05, 4.69) is 5.32 Å². The lowest BCUT2D eigenvalue weighted by atomic mass is 10.0. The molecule has 22 heavy (non-hydrogen) atoms. The van der Waals surface area contributed by atoms with E-state index >= 15 is 0 Å². The molecule has 0 fully saturated rings. The number of ether oxygens (including phenoxy) is 1. The van der Waals surface area contributed by atoms with Crippen LogP contribution >= 0.6 is 0 Å². The molecule has 0 radical (unpaired) electrons. The molecule has 0 aliphatic heterocycles. The Morgan fingerprint density at radius 1 is 1.09 bits per heavy atom. The Labute approximate surface area is 128 Å². The summed E-state index contributed by atoms with van der Waals surface area (Å²) in [4.78, 5) is 22.4. The second-order valence-corrected chi connectivity index (χ2v) is 4.71. The van der Waals surface area contributed by atoms with Crippen LogP contribution in [-0.2, 0) is 4.79 Å². The topological polar surface area (TPSA) is 75.6 Å². The highest BCUT2D eigenvalue weighted by Gasteiger charge is 2.07. The standard InChI is InChI=1S/C17H17NO4/c1-22-15-7-5-12(6-8-15)13-3-2-4-14(11-13)17(21)18-10-9-16(19)20/h2-8,11H,9-10H2,1H3,(H,18,21)(H,19,20). The third-order valence-electron chi connectivity index (χ3n) is 3.17. The zero-order valence-electron chi connectivity index (χ0n) is 12.2. The molecule has 5 nitrogen and oxygen atoms in total. The van der Waals surface area contributed by atoms with Crippen molar-refractivity contribution >= 4 is 11.9 Å². The number of rotatable bonds is 6.